The van der Waals surface area contributed by atoms with Gasteiger partial charge < -0.3 is 15.0 Å². The molecule has 1 aliphatic carbocycles. The van der Waals surface area contributed by atoms with E-state index in [9.17, 15) is 22.8 Å². The van der Waals surface area contributed by atoms with E-state index in [2.05, 4.69) is 51.4 Å². The average Bonchev–Trinajstić information content (AvgIpc) is 3.61. The van der Waals surface area contributed by atoms with E-state index >= 15 is 0 Å². The third kappa shape index (κ3) is 6.76. The van der Waals surface area contributed by atoms with Gasteiger partial charge in [0.15, 0.2) is 5.82 Å². The second kappa shape index (κ2) is 12.7. The number of carbonyl (C=O) groups is 2. The molecule has 1 aromatic heterocycles. The van der Waals surface area contributed by atoms with Crippen LogP contribution < -0.4 is 10.1 Å². The summed E-state index contributed by atoms with van der Waals surface area (Å²) < 4.78 is 42.2. The van der Waals surface area contributed by atoms with Gasteiger partial charge >= 0.3 is 6.36 Å². The molecule has 0 unspecified atom stereocenters. The van der Waals surface area contributed by atoms with Gasteiger partial charge in [-0.15, -0.1) is 23.4 Å². The Labute approximate surface area is 253 Å². The van der Waals surface area contributed by atoms with Gasteiger partial charge in [0, 0.05) is 11.1 Å². The lowest BCUT2D eigenvalue weighted by atomic mass is 9.76. The van der Waals surface area contributed by atoms with E-state index in [1.807, 2.05) is 17.0 Å². The Hall–Kier alpha value is -4.29. The fourth-order valence-corrected chi connectivity index (χ4v) is 6.26. The molecular formula is C31H36F3N7O3. The molecule has 1 saturated carbocycles. The summed E-state index contributed by atoms with van der Waals surface area (Å²) in [4.78, 5) is 34.0. The maximum atomic E-state index is 14.3. The molecule has 1 atom stereocenters. The van der Waals surface area contributed by atoms with E-state index in [4.69, 9.17) is 4.99 Å². The standard InChI is InChI=1S/C31H36F3N7O3/c1-4-5-25(21-6-8-23(9-7-21)28(42)35-18-26-37-39-40-38-26)41-29(43)27(22-10-12-24(13-11-22)44-31(32,33)34)36-30(41)16-14-20(15-17-30)19(2)3/h6-13,19-20,25H,4-5,14-18H2,1-3H3,(H,35,42)(H,37,38,39,40)/t20?,25-,30?/m1/s1. The van der Waals surface area contributed by atoms with Crippen molar-refractivity contribution in [3.8, 4) is 5.75 Å². The Morgan fingerprint density at radius 3 is 2.36 bits per heavy atom. The minimum atomic E-state index is -4.81. The molecule has 1 spiro atoms. The zero-order chi connectivity index (χ0) is 31.5. The van der Waals surface area contributed by atoms with Crippen LogP contribution in [0.3, 0.4) is 0 Å². The minimum absolute atomic E-state index is 0.126. The van der Waals surface area contributed by atoms with Crippen LogP contribution in [0.25, 0.3) is 0 Å². The van der Waals surface area contributed by atoms with Crippen LogP contribution in [-0.2, 0) is 11.3 Å². The molecule has 3 aromatic rings. The third-order valence-electron chi connectivity index (χ3n) is 8.55. The Balaban J connectivity index is 1.43. The molecule has 5 rings (SSSR count). The average molecular weight is 612 g/mol. The van der Waals surface area contributed by atoms with E-state index in [1.165, 1.54) is 24.3 Å². The highest BCUT2D eigenvalue weighted by Crippen LogP contribution is 2.48. The number of rotatable bonds is 10. The number of aromatic nitrogens is 4. The zero-order valence-corrected chi connectivity index (χ0v) is 24.9. The van der Waals surface area contributed by atoms with Gasteiger partial charge in [-0.2, -0.15) is 5.21 Å². The first kappa shape index (κ1) is 31.1. The van der Waals surface area contributed by atoms with Gasteiger partial charge in [0.25, 0.3) is 11.8 Å². The summed E-state index contributed by atoms with van der Waals surface area (Å²) >= 11 is 0. The fourth-order valence-electron chi connectivity index (χ4n) is 6.26. The van der Waals surface area contributed by atoms with Crippen molar-refractivity contribution in [3.63, 3.8) is 0 Å². The number of nitrogens with one attached hydrogen (secondary N) is 2. The molecule has 234 valence electrons. The number of tetrazole rings is 1. The van der Waals surface area contributed by atoms with Crippen molar-refractivity contribution in [3.05, 3.63) is 71.0 Å². The Morgan fingerprint density at radius 1 is 1.11 bits per heavy atom. The zero-order valence-electron chi connectivity index (χ0n) is 24.9. The maximum Gasteiger partial charge on any atom is 0.573 e. The molecule has 2 aromatic carbocycles. The molecule has 44 heavy (non-hydrogen) atoms. The molecular weight excluding hydrogens is 575 g/mol. The molecule has 2 N–H and O–H groups in total. The van der Waals surface area contributed by atoms with Crippen LogP contribution in [0.1, 0.15) is 92.6 Å². The van der Waals surface area contributed by atoms with Crippen LogP contribution in [0.5, 0.6) is 5.75 Å². The maximum absolute atomic E-state index is 14.3. The normalized spacial score (nSPS) is 21.1. The number of aliphatic imine (C=N–C) groups is 1. The van der Waals surface area contributed by atoms with Crippen LogP contribution in [0.4, 0.5) is 13.2 Å². The van der Waals surface area contributed by atoms with Crippen LogP contribution >= 0.6 is 0 Å². The van der Waals surface area contributed by atoms with Gasteiger partial charge in [-0.3, -0.25) is 14.6 Å². The fraction of sp³-hybridized carbons (Fsp3) is 0.484. The summed E-state index contributed by atoms with van der Waals surface area (Å²) in [5.74, 6) is 0.483. The van der Waals surface area contributed by atoms with E-state index in [1.54, 1.807) is 12.1 Å². The summed E-state index contributed by atoms with van der Waals surface area (Å²) in [6.45, 7) is 6.59. The van der Waals surface area contributed by atoms with Gasteiger partial charge in [-0.05, 0) is 85.9 Å². The summed E-state index contributed by atoms with van der Waals surface area (Å²) in [6.07, 6.45) is -0.134. The highest BCUT2D eigenvalue weighted by atomic mass is 19.4. The molecule has 2 aliphatic rings. The smallest absolute Gasteiger partial charge is 0.406 e. The molecule has 2 amide bonds. The van der Waals surface area contributed by atoms with Crippen molar-refractivity contribution in [2.45, 2.75) is 83.9 Å². The lowest BCUT2D eigenvalue weighted by Crippen LogP contribution is -2.51. The molecule has 0 bridgehead atoms. The Morgan fingerprint density at radius 2 is 1.80 bits per heavy atom. The van der Waals surface area contributed by atoms with Gasteiger partial charge in [-0.1, -0.05) is 44.5 Å². The molecule has 0 radical (unpaired) electrons. The molecule has 2 heterocycles. The van der Waals surface area contributed by atoms with Crippen LogP contribution in [0.15, 0.2) is 53.5 Å². The predicted octanol–water partition coefficient (Wildman–Crippen LogP) is 5.74. The van der Waals surface area contributed by atoms with Crippen molar-refractivity contribution in [1.82, 2.24) is 30.8 Å². The number of hydrogen-bond acceptors (Lipinski definition) is 7. The van der Waals surface area contributed by atoms with Crippen molar-refractivity contribution in [2.24, 2.45) is 16.8 Å². The number of halogens is 3. The predicted molar refractivity (Wildman–Crippen MR) is 155 cm³/mol. The van der Waals surface area contributed by atoms with Crippen molar-refractivity contribution in [1.29, 1.82) is 0 Å². The van der Waals surface area contributed by atoms with E-state index in [-0.39, 0.29) is 35.9 Å². The number of H-pyrrole nitrogens is 1. The Bertz CT molecular complexity index is 1460. The summed E-state index contributed by atoms with van der Waals surface area (Å²) in [5.41, 5.74) is 1.25. The van der Waals surface area contributed by atoms with Crippen molar-refractivity contribution >= 4 is 17.5 Å². The number of benzene rings is 2. The highest BCUT2D eigenvalue weighted by Gasteiger charge is 2.52. The lowest BCUT2D eigenvalue weighted by molar-refractivity contribution is -0.274. The van der Waals surface area contributed by atoms with Gasteiger partial charge in [0.2, 0.25) is 0 Å². The SMILES string of the molecule is CCC[C@H](c1ccc(C(=O)NCc2nn[nH]n2)cc1)N1C(=O)C(c2ccc(OC(F)(F)F)cc2)=NC12CCC(C(C)C)CC2. The molecule has 0 saturated heterocycles. The second-order valence-corrected chi connectivity index (χ2v) is 11.7. The summed E-state index contributed by atoms with van der Waals surface area (Å²) in [6, 6.07) is 12.2. The van der Waals surface area contributed by atoms with Crippen molar-refractivity contribution in [2.75, 3.05) is 0 Å². The van der Waals surface area contributed by atoms with Crippen LogP contribution in [0.2, 0.25) is 0 Å². The summed E-state index contributed by atoms with van der Waals surface area (Å²) in [7, 11) is 0. The molecule has 10 nitrogen and oxygen atoms in total. The molecule has 1 fully saturated rings. The largest absolute Gasteiger partial charge is 0.573 e. The first-order valence-corrected chi connectivity index (χ1v) is 14.9. The summed E-state index contributed by atoms with van der Waals surface area (Å²) in [5, 5.41) is 16.2. The monoisotopic (exact) mass is 611 g/mol. The number of amides is 2. The third-order valence-corrected chi connectivity index (χ3v) is 8.55. The number of alkyl halides is 3. The molecule has 1 aliphatic heterocycles. The van der Waals surface area contributed by atoms with Gasteiger partial charge in [-0.25, -0.2) is 0 Å². The number of ether oxygens (including phenoxy) is 1. The van der Waals surface area contributed by atoms with E-state index in [0.717, 1.165) is 24.8 Å². The number of carbonyl (C=O) groups excluding carboxylic acids is 2. The second-order valence-electron chi connectivity index (χ2n) is 11.7. The van der Waals surface area contributed by atoms with Crippen molar-refractivity contribution < 1.29 is 27.5 Å². The number of aromatic amines is 1. The van der Waals surface area contributed by atoms with Crippen LogP contribution in [-0.4, -0.2) is 55.1 Å². The van der Waals surface area contributed by atoms with E-state index < -0.39 is 12.0 Å². The Kier molecular flexibility index (Phi) is 9.02. The first-order chi connectivity index (χ1) is 21.0. The highest BCUT2D eigenvalue weighted by molar-refractivity contribution is 6.46. The van der Waals surface area contributed by atoms with E-state index in [0.29, 0.717) is 48.0 Å². The van der Waals surface area contributed by atoms with Gasteiger partial charge in [0.05, 0.1) is 12.6 Å². The molecule has 13 heteroatoms. The topological polar surface area (TPSA) is 125 Å². The number of nitrogens with zero attached hydrogens (tertiary/aromatic N) is 5. The number of hydrogen-bond donors (Lipinski definition) is 2. The quantitative estimate of drug-likeness (QED) is 0.301. The van der Waals surface area contributed by atoms with Crippen LogP contribution in [0, 0.1) is 11.8 Å². The van der Waals surface area contributed by atoms with Gasteiger partial charge in [0.1, 0.15) is 17.1 Å². The minimum Gasteiger partial charge on any atom is -0.406 e. The first-order valence-electron chi connectivity index (χ1n) is 14.9. The lowest BCUT2D eigenvalue weighted by Gasteiger charge is -2.46.